The lowest BCUT2D eigenvalue weighted by molar-refractivity contribution is -0.384. The van der Waals surface area contributed by atoms with Crippen molar-refractivity contribution in [1.82, 2.24) is 0 Å². The first-order valence-electron chi connectivity index (χ1n) is 8.98. The third-order valence-electron chi connectivity index (χ3n) is 4.30. The molecule has 30 heavy (non-hydrogen) atoms. The Kier molecular flexibility index (Phi) is 6.83. The van der Waals surface area contributed by atoms with Gasteiger partial charge in [-0.05, 0) is 60.2 Å². The van der Waals surface area contributed by atoms with Crippen molar-refractivity contribution in [2.45, 2.75) is 6.61 Å². The molecule has 152 valence electrons. The number of rotatable bonds is 8. The fourth-order valence-electron chi connectivity index (χ4n) is 2.72. The molecule has 0 spiro atoms. The summed E-state index contributed by atoms with van der Waals surface area (Å²) in [6, 6.07) is 18.0. The van der Waals surface area contributed by atoms with Crippen LogP contribution in [0.5, 0.6) is 11.5 Å². The Morgan fingerprint density at radius 3 is 2.40 bits per heavy atom. The standard InChI is InChI=1S/C23H18ClNO5/c1-29-23-13-3-16(2-12-22(26)17-4-6-19(24)7-5-17)14-18(23)15-30-21-10-8-20(9-11-21)25(27)28/h2-14H,15H2,1H3/b12-2+. The van der Waals surface area contributed by atoms with Crippen LogP contribution in [0.3, 0.4) is 0 Å². The number of nitrogens with zero attached hydrogens (tertiary/aromatic N) is 1. The average molecular weight is 424 g/mol. The quantitative estimate of drug-likeness (QED) is 0.200. The van der Waals surface area contributed by atoms with Crippen LogP contribution in [0.15, 0.2) is 72.8 Å². The molecule has 0 bridgehead atoms. The van der Waals surface area contributed by atoms with Gasteiger partial charge in [0, 0.05) is 28.3 Å². The molecular formula is C23H18ClNO5. The fraction of sp³-hybridized carbons (Fsp3) is 0.0870. The molecule has 0 unspecified atom stereocenters. The van der Waals surface area contributed by atoms with Gasteiger partial charge in [0.05, 0.1) is 12.0 Å². The van der Waals surface area contributed by atoms with Gasteiger partial charge in [-0.15, -0.1) is 0 Å². The summed E-state index contributed by atoms with van der Waals surface area (Å²) in [6.07, 6.45) is 3.21. The number of hydrogen-bond donors (Lipinski definition) is 0. The lowest BCUT2D eigenvalue weighted by Gasteiger charge is -2.11. The normalized spacial score (nSPS) is 10.7. The molecule has 3 aromatic carbocycles. The number of ketones is 1. The van der Waals surface area contributed by atoms with Crippen LogP contribution in [-0.2, 0) is 6.61 Å². The van der Waals surface area contributed by atoms with E-state index in [0.717, 1.165) is 11.1 Å². The molecule has 0 heterocycles. The summed E-state index contributed by atoms with van der Waals surface area (Å²) in [6.45, 7) is 0.202. The summed E-state index contributed by atoms with van der Waals surface area (Å²) in [5.74, 6) is 1.01. The van der Waals surface area contributed by atoms with Crippen LogP contribution in [-0.4, -0.2) is 17.8 Å². The van der Waals surface area contributed by atoms with Crippen molar-refractivity contribution >= 4 is 29.1 Å². The molecule has 0 N–H and O–H groups in total. The highest BCUT2D eigenvalue weighted by atomic mass is 35.5. The first-order chi connectivity index (χ1) is 14.5. The van der Waals surface area contributed by atoms with Crippen LogP contribution in [0.25, 0.3) is 6.08 Å². The van der Waals surface area contributed by atoms with Crippen LogP contribution < -0.4 is 9.47 Å². The first-order valence-corrected chi connectivity index (χ1v) is 9.36. The third kappa shape index (κ3) is 5.46. The molecule has 3 rings (SSSR count). The van der Waals surface area contributed by atoms with E-state index in [1.807, 2.05) is 12.1 Å². The Hall–Kier alpha value is -3.64. The molecule has 0 atom stereocenters. The molecular weight excluding hydrogens is 406 g/mol. The van der Waals surface area contributed by atoms with Crippen molar-refractivity contribution in [3.05, 3.63) is 105 Å². The summed E-state index contributed by atoms with van der Waals surface area (Å²) in [7, 11) is 1.56. The van der Waals surface area contributed by atoms with E-state index in [1.54, 1.807) is 55.7 Å². The fourth-order valence-corrected chi connectivity index (χ4v) is 2.85. The van der Waals surface area contributed by atoms with E-state index < -0.39 is 4.92 Å². The largest absolute Gasteiger partial charge is 0.496 e. The Morgan fingerprint density at radius 2 is 1.77 bits per heavy atom. The monoisotopic (exact) mass is 423 g/mol. The van der Waals surface area contributed by atoms with Crippen LogP contribution in [0.2, 0.25) is 5.02 Å². The lowest BCUT2D eigenvalue weighted by Crippen LogP contribution is -2.00. The van der Waals surface area contributed by atoms with Crippen molar-refractivity contribution in [3.8, 4) is 11.5 Å². The van der Waals surface area contributed by atoms with Gasteiger partial charge in [-0.1, -0.05) is 23.7 Å². The van der Waals surface area contributed by atoms with Crippen LogP contribution in [0.4, 0.5) is 5.69 Å². The average Bonchev–Trinajstić information content (AvgIpc) is 2.76. The van der Waals surface area contributed by atoms with Crippen molar-refractivity contribution in [1.29, 1.82) is 0 Å². The second-order valence-corrected chi connectivity index (χ2v) is 6.75. The van der Waals surface area contributed by atoms with Gasteiger partial charge in [0.1, 0.15) is 18.1 Å². The molecule has 0 aliphatic heterocycles. The molecule has 0 aliphatic carbocycles. The predicted molar refractivity (Wildman–Crippen MR) is 115 cm³/mol. The number of halogens is 1. The molecule has 0 aromatic heterocycles. The van der Waals surface area contributed by atoms with Gasteiger partial charge in [0.15, 0.2) is 5.78 Å². The maximum atomic E-state index is 12.3. The highest BCUT2D eigenvalue weighted by Gasteiger charge is 2.08. The number of non-ortho nitro benzene ring substituents is 1. The highest BCUT2D eigenvalue weighted by molar-refractivity contribution is 6.30. The molecule has 7 heteroatoms. The van der Waals surface area contributed by atoms with Gasteiger partial charge in [-0.25, -0.2) is 0 Å². The topological polar surface area (TPSA) is 78.7 Å². The van der Waals surface area contributed by atoms with E-state index >= 15 is 0 Å². The molecule has 0 saturated carbocycles. The van der Waals surface area contributed by atoms with E-state index in [0.29, 0.717) is 22.1 Å². The maximum Gasteiger partial charge on any atom is 0.269 e. The lowest BCUT2D eigenvalue weighted by atomic mass is 10.1. The van der Waals surface area contributed by atoms with Crippen LogP contribution >= 0.6 is 11.6 Å². The van der Waals surface area contributed by atoms with Gasteiger partial charge in [0.2, 0.25) is 0 Å². The number of methoxy groups -OCH3 is 1. The Bertz CT molecular complexity index is 1080. The third-order valence-corrected chi connectivity index (χ3v) is 4.55. The van der Waals surface area contributed by atoms with E-state index in [9.17, 15) is 14.9 Å². The number of benzene rings is 3. The second kappa shape index (κ2) is 9.71. The molecule has 0 amide bonds. The van der Waals surface area contributed by atoms with E-state index in [1.165, 1.54) is 18.2 Å². The summed E-state index contributed by atoms with van der Waals surface area (Å²) < 4.78 is 11.1. The van der Waals surface area contributed by atoms with Crippen molar-refractivity contribution in [3.63, 3.8) is 0 Å². The Morgan fingerprint density at radius 1 is 1.07 bits per heavy atom. The summed E-state index contributed by atoms with van der Waals surface area (Å²) in [5, 5.41) is 11.3. The van der Waals surface area contributed by atoms with Crippen molar-refractivity contribution < 1.29 is 19.2 Å². The number of carbonyl (C=O) groups excluding carboxylic acids is 1. The van der Waals surface area contributed by atoms with Crippen molar-refractivity contribution in [2.24, 2.45) is 0 Å². The molecule has 0 aliphatic rings. The number of allylic oxidation sites excluding steroid dienone is 1. The van der Waals surface area contributed by atoms with E-state index in [-0.39, 0.29) is 18.1 Å². The molecule has 0 radical (unpaired) electrons. The second-order valence-electron chi connectivity index (χ2n) is 6.32. The minimum Gasteiger partial charge on any atom is -0.496 e. The van der Waals surface area contributed by atoms with Gasteiger partial charge in [-0.3, -0.25) is 14.9 Å². The van der Waals surface area contributed by atoms with Crippen molar-refractivity contribution in [2.75, 3.05) is 7.11 Å². The van der Waals surface area contributed by atoms with E-state index in [4.69, 9.17) is 21.1 Å². The Labute approximate surface area is 178 Å². The molecule has 0 fully saturated rings. The van der Waals surface area contributed by atoms with Gasteiger partial charge in [0.25, 0.3) is 5.69 Å². The predicted octanol–water partition coefficient (Wildman–Crippen LogP) is 5.73. The number of nitro groups is 1. The molecule has 6 nitrogen and oxygen atoms in total. The minimum absolute atomic E-state index is 0.00239. The minimum atomic E-state index is -0.464. The Balaban J connectivity index is 1.72. The van der Waals surface area contributed by atoms with E-state index in [2.05, 4.69) is 0 Å². The first kappa shape index (κ1) is 21.1. The molecule has 3 aromatic rings. The van der Waals surface area contributed by atoms with Gasteiger partial charge < -0.3 is 9.47 Å². The summed E-state index contributed by atoms with van der Waals surface area (Å²) >= 11 is 5.85. The van der Waals surface area contributed by atoms with Gasteiger partial charge in [-0.2, -0.15) is 0 Å². The summed E-state index contributed by atoms with van der Waals surface area (Å²) in [4.78, 5) is 22.6. The zero-order chi connectivity index (χ0) is 21.5. The highest BCUT2D eigenvalue weighted by Crippen LogP contribution is 2.24. The number of ether oxygens (including phenoxy) is 2. The SMILES string of the molecule is COc1ccc(/C=C/C(=O)c2ccc(Cl)cc2)cc1COc1ccc([N+](=O)[O-])cc1. The number of carbonyl (C=O) groups is 1. The van der Waals surface area contributed by atoms with Gasteiger partial charge >= 0.3 is 0 Å². The number of hydrogen-bond acceptors (Lipinski definition) is 5. The van der Waals surface area contributed by atoms with Crippen LogP contribution in [0, 0.1) is 10.1 Å². The summed E-state index contributed by atoms with van der Waals surface area (Å²) in [5.41, 5.74) is 2.13. The molecule has 0 saturated heterocycles. The maximum absolute atomic E-state index is 12.3. The zero-order valence-corrected chi connectivity index (χ0v) is 16.8. The van der Waals surface area contributed by atoms with Crippen LogP contribution in [0.1, 0.15) is 21.5 Å². The zero-order valence-electron chi connectivity index (χ0n) is 16.1. The number of nitro benzene ring substituents is 1. The smallest absolute Gasteiger partial charge is 0.269 e.